The van der Waals surface area contributed by atoms with Crippen LogP contribution >= 0.6 is 0 Å². The predicted octanol–water partition coefficient (Wildman–Crippen LogP) is 3.72. The Morgan fingerprint density at radius 1 is 1.07 bits per heavy atom. The second-order valence-electron chi connectivity index (χ2n) is 3.47. The van der Waals surface area contributed by atoms with Crippen molar-refractivity contribution in [3.63, 3.8) is 0 Å². The van der Waals surface area contributed by atoms with Gasteiger partial charge in [-0.1, -0.05) is 39.5 Å². The number of aryl methyl sites for hydroxylation is 2. The van der Waals surface area contributed by atoms with Gasteiger partial charge in [0, 0.05) is 0 Å². The van der Waals surface area contributed by atoms with E-state index in [9.17, 15) is 0 Å². The van der Waals surface area contributed by atoms with E-state index in [1.807, 2.05) is 19.9 Å². The Hall–Kier alpha value is -0.820. The smallest absolute Gasteiger partial charge is 0.0681 e. The van der Waals surface area contributed by atoms with Crippen LogP contribution in [0.3, 0.4) is 0 Å². The lowest BCUT2D eigenvalue weighted by molar-refractivity contribution is 0.281. The molecule has 1 aliphatic carbocycles. The normalized spacial score (nSPS) is 13.0. The van der Waals surface area contributed by atoms with Crippen LogP contribution in [0.25, 0.3) is 0 Å². The monoisotopic (exact) mass is 208 g/mol. The highest BCUT2D eigenvalue weighted by Gasteiger charge is 2.08. The van der Waals surface area contributed by atoms with Gasteiger partial charge in [0.05, 0.1) is 6.61 Å². The third-order valence-electron chi connectivity index (χ3n) is 2.60. The first kappa shape index (κ1) is 14.2. The van der Waals surface area contributed by atoms with Crippen LogP contribution in [-0.2, 0) is 19.4 Å². The highest BCUT2D eigenvalue weighted by Crippen LogP contribution is 2.21. The van der Waals surface area contributed by atoms with Crippen molar-refractivity contribution in [3.8, 4) is 0 Å². The third kappa shape index (κ3) is 3.67. The molecule has 0 saturated heterocycles. The van der Waals surface area contributed by atoms with Gasteiger partial charge in [-0.15, -0.1) is 0 Å². The minimum absolute atomic E-state index is 0. The fraction of sp³-hybridized carbons (Fsp3) is 0.571. The molecule has 0 saturated carbocycles. The Morgan fingerprint density at radius 3 is 2.27 bits per heavy atom. The highest BCUT2D eigenvalue weighted by molar-refractivity contribution is 5.33. The molecule has 1 N–H and O–H groups in total. The lowest BCUT2D eigenvalue weighted by atomic mass is 9.90. The van der Waals surface area contributed by atoms with Crippen molar-refractivity contribution in [1.29, 1.82) is 0 Å². The molecular weight excluding hydrogens is 184 g/mol. The summed E-state index contributed by atoms with van der Waals surface area (Å²) in [5.74, 6) is 0. The zero-order valence-corrected chi connectivity index (χ0v) is 9.21. The summed E-state index contributed by atoms with van der Waals surface area (Å²) >= 11 is 0. The molecule has 86 valence electrons. The molecule has 0 amide bonds. The molecule has 1 aromatic carbocycles. The van der Waals surface area contributed by atoms with Gasteiger partial charge in [-0.2, -0.15) is 0 Å². The number of hydrogen-bond acceptors (Lipinski definition) is 1. The molecule has 0 aromatic heterocycles. The summed E-state index contributed by atoms with van der Waals surface area (Å²) in [6.45, 7) is 4.17. The van der Waals surface area contributed by atoms with Gasteiger partial charge >= 0.3 is 0 Å². The zero-order chi connectivity index (χ0) is 10.4. The second-order valence-corrected chi connectivity index (χ2v) is 3.47. The van der Waals surface area contributed by atoms with Crippen LogP contribution in [0.2, 0.25) is 0 Å². The first-order valence-electron chi connectivity index (χ1n) is 5.61. The van der Waals surface area contributed by atoms with E-state index >= 15 is 0 Å². The summed E-state index contributed by atoms with van der Waals surface area (Å²) in [5.41, 5.74) is 3.99. The third-order valence-corrected chi connectivity index (χ3v) is 2.60. The van der Waals surface area contributed by atoms with Crippen LogP contribution in [0.5, 0.6) is 0 Å². The summed E-state index contributed by atoms with van der Waals surface area (Å²) in [6, 6.07) is 6.35. The van der Waals surface area contributed by atoms with Gasteiger partial charge in [-0.3, -0.25) is 0 Å². The van der Waals surface area contributed by atoms with Gasteiger partial charge in [-0.25, -0.2) is 0 Å². The number of benzene rings is 1. The number of hydrogen-bond donors (Lipinski definition) is 1. The maximum absolute atomic E-state index is 8.94. The van der Waals surface area contributed by atoms with E-state index in [2.05, 4.69) is 12.1 Å². The van der Waals surface area contributed by atoms with E-state index in [0.29, 0.717) is 0 Å². The summed E-state index contributed by atoms with van der Waals surface area (Å²) < 4.78 is 0. The highest BCUT2D eigenvalue weighted by atomic mass is 16.3. The van der Waals surface area contributed by atoms with E-state index in [1.54, 1.807) is 0 Å². The summed E-state index contributed by atoms with van der Waals surface area (Å²) in [7, 11) is 0. The standard InChI is InChI=1S/C11H14O.C2H6.CH4/c12-8-9-5-6-10-3-1-2-4-11(10)7-9;1-2;/h5-7,12H,1-4,8H2;1-2H3;1H4. The van der Waals surface area contributed by atoms with Gasteiger partial charge in [0.1, 0.15) is 0 Å². The maximum atomic E-state index is 8.94. The van der Waals surface area contributed by atoms with Crippen molar-refractivity contribution in [2.75, 3.05) is 0 Å². The number of rotatable bonds is 1. The molecule has 2 rings (SSSR count). The van der Waals surface area contributed by atoms with Crippen LogP contribution in [0.1, 0.15) is 50.8 Å². The fourth-order valence-electron chi connectivity index (χ4n) is 1.89. The molecular formula is C14H24O. The predicted molar refractivity (Wildman–Crippen MR) is 67.1 cm³/mol. The number of aliphatic hydroxyl groups excluding tert-OH is 1. The average Bonchev–Trinajstić information content (AvgIpc) is 2.31. The fourth-order valence-corrected chi connectivity index (χ4v) is 1.89. The maximum Gasteiger partial charge on any atom is 0.0681 e. The van der Waals surface area contributed by atoms with Crippen LogP contribution < -0.4 is 0 Å². The Labute approximate surface area is 94.2 Å². The van der Waals surface area contributed by atoms with Crippen LogP contribution in [0.4, 0.5) is 0 Å². The lowest BCUT2D eigenvalue weighted by Gasteiger charge is -2.15. The molecule has 0 heterocycles. The average molecular weight is 208 g/mol. The second kappa shape index (κ2) is 7.47. The van der Waals surface area contributed by atoms with Crippen LogP contribution in [0.15, 0.2) is 18.2 Å². The van der Waals surface area contributed by atoms with E-state index in [0.717, 1.165) is 5.56 Å². The van der Waals surface area contributed by atoms with Crippen molar-refractivity contribution in [2.45, 2.75) is 53.6 Å². The minimum Gasteiger partial charge on any atom is -0.392 e. The van der Waals surface area contributed by atoms with Gasteiger partial charge in [0.15, 0.2) is 0 Å². The zero-order valence-electron chi connectivity index (χ0n) is 9.21. The van der Waals surface area contributed by atoms with E-state index < -0.39 is 0 Å². The van der Waals surface area contributed by atoms with E-state index in [1.165, 1.54) is 36.8 Å². The first-order chi connectivity index (χ1) is 6.90. The quantitative estimate of drug-likeness (QED) is 0.745. The van der Waals surface area contributed by atoms with Crippen LogP contribution in [-0.4, -0.2) is 5.11 Å². The molecule has 0 aliphatic heterocycles. The largest absolute Gasteiger partial charge is 0.392 e. The Balaban J connectivity index is 0.000000617. The molecule has 0 fully saturated rings. The van der Waals surface area contributed by atoms with Crippen LogP contribution in [0, 0.1) is 0 Å². The van der Waals surface area contributed by atoms with Crippen molar-refractivity contribution in [3.05, 3.63) is 34.9 Å². The van der Waals surface area contributed by atoms with Gasteiger partial charge < -0.3 is 5.11 Å². The van der Waals surface area contributed by atoms with E-state index in [-0.39, 0.29) is 14.0 Å². The molecule has 0 radical (unpaired) electrons. The minimum atomic E-state index is 0. The molecule has 1 aliphatic rings. The Bertz CT molecular complexity index is 279. The van der Waals surface area contributed by atoms with Gasteiger partial charge in [0.2, 0.25) is 0 Å². The molecule has 0 atom stereocenters. The Kier molecular flexibility index (Phi) is 7.06. The SMILES string of the molecule is C.CC.OCc1ccc2c(c1)CCCC2. The lowest BCUT2D eigenvalue weighted by Crippen LogP contribution is -2.02. The number of fused-ring (bicyclic) bond motifs is 1. The molecule has 15 heavy (non-hydrogen) atoms. The molecule has 0 unspecified atom stereocenters. The van der Waals surface area contributed by atoms with Crippen molar-refractivity contribution >= 4 is 0 Å². The molecule has 1 heteroatoms. The molecule has 1 nitrogen and oxygen atoms in total. The van der Waals surface area contributed by atoms with Gasteiger partial charge in [0.25, 0.3) is 0 Å². The van der Waals surface area contributed by atoms with Gasteiger partial charge in [-0.05, 0) is 42.4 Å². The molecule has 1 aromatic rings. The van der Waals surface area contributed by atoms with Crippen molar-refractivity contribution in [2.24, 2.45) is 0 Å². The van der Waals surface area contributed by atoms with Crippen molar-refractivity contribution in [1.82, 2.24) is 0 Å². The van der Waals surface area contributed by atoms with E-state index in [4.69, 9.17) is 5.11 Å². The first-order valence-corrected chi connectivity index (χ1v) is 5.61. The Morgan fingerprint density at radius 2 is 1.67 bits per heavy atom. The molecule has 0 spiro atoms. The summed E-state index contributed by atoms with van der Waals surface area (Å²) in [4.78, 5) is 0. The topological polar surface area (TPSA) is 20.2 Å². The number of aliphatic hydroxyl groups is 1. The summed E-state index contributed by atoms with van der Waals surface area (Å²) in [5, 5.41) is 8.94. The summed E-state index contributed by atoms with van der Waals surface area (Å²) in [6.07, 6.45) is 5.05. The molecule has 0 bridgehead atoms. The van der Waals surface area contributed by atoms with Crippen molar-refractivity contribution < 1.29 is 5.11 Å².